The predicted molar refractivity (Wildman–Crippen MR) is 82.3 cm³/mol. The summed E-state index contributed by atoms with van der Waals surface area (Å²) < 4.78 is 24.7. The summed E-state index contributed by atoms with van der Waals surface area (Å²) in [4.78, 5) is 0. The number of benzene rings is 1. The van der Waals surface area contributed by atoms with Crippen LogP contribution < -0.4 is 10.1 Å². The van der Waals surface area contributed by atoms with Crippen LogP contribution in [0.1, 0.15) is 32.3 Å². The third-order valence-electron chi connectivity index (χ3n) is 3.98. The summed E-state index contributed by atoms with van der Waals surface area (Å²) in [5.41, 5.74) is 0.976. The van der Waals surface area contributed by atoms with E-state index in [9.17, 15) is 4.39 Å². The molecule has 1 aliphatic carbocycles. The number of ether oxygens (including phenoxy) is 2. The van der Waals surface area contributed by atoms with Crippen molar-refractivity contribution in [1.82, 2.24) is 5.32 Å². The second kappa shape index (κ2) is 7.76. The molecule has 1 aromatic carbocycles. The zero-order valence-electron chi connectivity index (χ0n) is 13.2. The van der Waals surface area contributed by atoms with Crippen LogP contribution in [0.2, 0.25) is 0 Å². The van der Waals surface area contributed by atoms with E-state index in [0.29, 0.717) is 11.7 Å². The van der Waals surface area contributed by atoms with Crippen molar-refractivity contribution < 1.29 is 13.9 Å². The Balaban J connectivity index is 2.09. The van der Waals surface area contributed by atoms with Crippen LogP contribution in [-0.2, 0) is 11.2 Å². The molecule has 0 saturated heterocycles. The lowest BCUT2D eigenvalue weighted by molar-refractivity contribution is 0.0196. The first-order valence-electron chi connectivity index (χ1n) is 7.87. The van der Waals surface area contributed by atoms with E-state index in [1.54, 1.807) is 12.1 Å². The van der Waals surface area contributed by atoms with Gasteiger partial charge in [-0.3, -0.25) is 0 Å². The number of hydrogen-bond donors (Lipinski definition) is 1. The smallest absolute Gasteiger partial charge is 0.165 e. The van der Waals surface area contributed by atoms with Crippen molar-refractivity contribution >= 4 is 0 Å². The molecule has 0 spiro atoms. The molecule has 0 heterocycles. The van der Waals surface area contributed by atoms with E-state index in [-0.39, 0.29) is 18.0 Å². The molecule has 2 unspecified atom stereocenters. The molecule has 1 aromatic rings. The summed E-state index contributed by atoms with van der Waals surface area (Å²) >= 11 is 0. The maximum absolute atomic E-state index is 13.8. The van der Waals surface area contributed by atoms with Gasteiger partial charge in [-0.25, -0.2) is 4.39 Å². The molecular formula is C17H26FNO2. The molecule has 0 aromatic heterocycles. The third-order valence-corrected chi connectivity index (χ3v) is 3.98. The first kappa shape index (κ1) is 16.2. The molecule has 3 nitrogen and oxygen atoms in total. The average molecular weight is 295 g/mol. The lowest BCUT2D eigenvalue weighted by Gasteiger charge is -2.28. The van der Waals surface area contributed by atoms with Crippen molar-refractivity contribution in [1.29, 1.82) is 0 Å². The van der Waals surface area contributed by atoms with E-state index in [1.807, 2.05) is 13.0 Å². The monoisotopic (exact) mass is 295 g/mol. The highest BCUT2D eigenvalue weighted by atomic mass is 19.1. The summed E-state index contributed by atoms with van der Waals surface area (Å²) in [6.07, 6.45) is 3.48. The Morgan fingerprint density at radius 1 is 1.33 bits per heavy atom. The third kappa shape index (κ3) is 4.42. The number of likely N-dealkylation sites (N-methyl/N-ethyl adjacent to an activating group) is 1. The number of methoxy groups -OCH3 is 1. The van der Waals surface area contributed by atoms with Crippen LogP contribution in [-0.4, -0.2) is 32.4 Å². The lowest BCUT2D eigenvalue weighted by Crippen LogP contribution is -2.44. The van der Waals surface area contributed by atoms with E-state index >= 15 is 0 Å². The van der Waals surface area contributed by atoms with Gasteiger partial charge >= 0.3 is 0 Å². The zero-order chi connectivity index (χ0) is 15.2. The Morgan fingerprint density at radius 2 is 2.10 bits per heavy atom. The number of halogens is 1. The molecule has 1 N–H and O–H groups in total. The molecule has 2 rings (SSSR count). The van der Waals surface area contributed by atoms with Crippen molar-refractivity contribution in [2.75, 3.05) is 20.3 Å². The van der Waals surface area contributed by atoms with Crippen molar-refractivity contribution in [3.63, 3.8) is 0 Å². The normalized spacial score (nSPS) is 17.5. The van der Waals surface area contributed by atoms with Crippen LogP contribution in [0.15, 0.2) is 18.2 Å². The highest BCUT2D eigenvalue weighted by Crippen LogP contribution is 2.36. The quantitative estimate of drug-likeness (QED) is 0.759. The number of hydrogen-bond acceptors (Lipinski definition) is 3. The average Bonchev–Trinajstić information content (AvgIpc) is 3.29. The van der Waals surface area contributed by atoms with Crippen LogP contribution >= 0.6 is 0 Å². The first-order chi connectivity index (χ1) is 10.2. The van der Waals surface area contributed by atoms with Crippen LogP contribution in [0.5, 0.6) is 5.75 Å². The largest absolute Gasteiger partial charge is 0.494 e. The maximum atomic E-state index is 13.8. The van der Waals surface area contributed by atoms with Gasteiger partial charge in [0.1, 0.15) is 0 Å². The molecule has 1 aliphatic rings. The van der Waals surface area contributed by atoms with Crippen LogP contribution in [0.25, 0.3) is 0 Å². The van der Waals surface area contributed by atoms with E-state index in [0.717, 1.165) is 25.1 Å². The Morgan fingerprint density at radius 3 is 2.62 bits per heavy atom. The van der Waals surface area contributed by atoms with E-state index in [1.165, 1.54) is 20.0 Å². The Kier molecular flexibility index (Phi) is 6.00. The van der Waals surface area contributed by atoms with Gasteiger partial charge in [0.05, 0.1) is 13.2 Å². The number of nitrogens with one attached hydrogen (secondary N) is 1. The Hall–Kier alpha value is -1.13. The van der Waals surface area contributed by atoms with Crippen molar-refractivity contribution in [2.45, 2.75) is 45.3 Å². The minimum Gasteiger partial charge on any atom is -0.494 e. The highest BCUT2D eigenvalue weighted by molar-refractivity contribution is 5.30. The minimum absolute atomic E-state index is 0.222. The summed E-state index contributed by atoms with van der Waals surface area (Å²) in [6, 6.07) is 5.43. The molecule has 118 valence electrons. The topological polar surface area (TPSA) is 30.5 Å². The van der Waals surface area contributed by atoms with Crippen molar-refractivity contribution in [2.24, 2.45) is 5.92 Å². The van der Waals surface area contributed by atoms with Gasteiger partial charge in [0.2, 0.25) is 0 Å². The van der Waals surface area contributed by atoms with Crippen molar-refractivity contribution in [3.8, 4) is 5.75 Å². The fraction of sp³-hybridized carbons (Fsp3) is 0.647. The van der Waals surface area contributed by atoms with Gasteiger partial charge in [0.15, 0.2) is 11.6 Å². The van der Waals surface area contributed by atoms with Gasteiger partial charge in [-0.2, -0.15) is 0 Å². The fourth-order valence-electron chi connectivity index (χ4n) is 2.86. The minimum atomic E-state index is -0.301. The zero-order valence-corrected chi connectivity index (χ0v) is 13.2. The van der Waals surface area contributed by atoms with E-state index in [2.05, 4.69) is 12.2 Å². The summed E-state index contributed by atoms with van der Waals surface area (Å²) in [5.74, 6) is 0.643. The van der Waals surface area contributed by atoms with Crippen LogP contribution in [0, 0.1) is 11.7 Å². The summed E-state index contributed by atoms with van der Waals surface area (Å²) in [6.45, 7) is 5.74. The predicted octanol–water partition coefficient (Wildman–Crippen LogP) is 3.17. The van der Waals surface area contributed by atoms with Gasteiger partial charge < -0.3 is 14.8 Å². The Labute approximate surface area is 126 Å². The summed E-state index contributed by atoms with van der Waals surface area (Å²) in [7, 11) is 1.48. The van der Waals surface area contributed by atoms with Crippen LogP contribution in [0.3, 0.4) is 0 Å². The van der Waals surface area contributed by atoms with Gasteiger partial charge in [0.25, 0.3) is 0 Å². The fourth-order valence-corrected chi connectivity index (χ4v) is 2.86. The molecule has 1 saturated carbocycles. The second-order valence-electron chi connectivity index (χ2n) is 5.59. The number of rotatable bonds is 9. The molecule has 0 amide bonds. The highest BCUT2D eigenvalue weighted by Gasteiger charge is 2.36. The molecular weight excluding hydrogens is 269 g/mol. The molecule has 2 atom stereocenters. The Bertz CT molecular complexity index is 448. The van der Waals surface area contributed by atoms with Gasteiger partial charge in [-0.15, -0.1) is 0 Å². The van der Waals surface area contributed by atoms with Crippen molar-refractivity contribution in [3.05, 3.63) is 29.6 Å². The SMILES string of the molecule is CCNC(Cc1ccc(OC)c(F)c1)C(OCC)C1CC1. The van der Waals surface area contributed by atoms with Gasteiger partial charge in [-0.1, -0.05) is 13.0 Å². The molecule has 0 bridgehead atoms. The molecule has 21 heavy (non-hydrogen) atoms. The summed E-state index contributed by atoms with van der Waals surface area (Å²) in [5, 5.41) is 3.51. The first-order valence-corrected chi connectivity index (χ1v) is 7.87. The van der Waals surface area contributed by atoms with E-state index in [4.69, 9.17) is 9.47 Å². The standard InChI is InChI=1S/C17H26FNO2/c1-4-19-15(17(21-5-2)13-7-8-13)11-12-6-9-16(20-3)14(18)10-12/h6,9-10,13,15,17,19H,4-5,7-8,11H2,1-3H3. The van der Waals surface area contributed by atoms with Crippen LogP contribution in [0.4, 0.5) is 4.39 Å². The van der Waals surface area contributed by atoms with Gasteiger partial charge in [0, 0.05) is 12.6 Å². The second-order valence-corrected chi connectivity index (χ2v) is 5.59. The molecule has 1 fully saturated rings. The molecule has 0 radical (unpaired) electrons. The van der Waals surface area contributed by atoms with E-state index < -0.39 is 0 Å². The molecule has 0 aliphatic heterocycles. The maximum Gasteiger partial charge on any atom is 0.165 e. The van der Waals surface area contributed by atoms with Gasteiger partial charge in [-0.05, 0) is 56.3 Å². The lowest BCUT2D eigenvalue weighted by atomic mass is 9.97. The molecule has 4 heteroatoms.